The molecule has 1 heterocycles. The van der Waals surface area contributed by atoms with Gasteiger partial charge in [-0.05, 0) is 35.6 Å². The molecule has 0 unspecified atom stereocenters. The van der Waals surface area contributed by atoms with Crippen molar-refractivity contribution in [3.8, 4) is 11.1 Å². The van der Waals surface area contributed by atoms with Gasteiger partial charge in [0.05, 0.1) is 0 Å². The normalized spacial score (nSPS) is 10.8. The van der Waals surface area contributed by atoms with Crippen LogP contribution in [0.1, 0.15) is 5.56 Å². The van der Waals surface area contributed by atoms with Gasteiger partial charge in [0.2, 0.25) is 0 Å². The molecule has 1 nitrogen and oxygen atoms in total. The fraction of sp³-hybridized carbons (Fsp3) is 0.0625. The molecule has 0 aliphatic carbocycles. The Morgan fingerprint density at radius 1 is 1.00 bits per heavy atom. The second kappa shape index (κ2) is 4.22. The molecule has 3 rings (SSSR count). The van der Waals surface area contributed by atoms with Crippen molar-refractivity contribution in [1.29, 1.82) is 0 Å². The van der Waals surface area contributed by atoms with Crippen molar-refractivity contribution in [3.63, 3.8) is 0 Å². The van der Waals surface area contributed by atoms with Crippen LogP contribution in [0.2, 0.25) is 0 Å². The van der Waals surface area contributed by atoms with Gasteiger partial charge in [0.1, 0.15) is 5.82 Å². The average Bonchev–Trinajstić information content (AvgIpc) is 2.38. The summed E-state index contributed by atoms with van der Waals surface area (Å²) in [4.78, 5) is 4.12. The highest BCUT2D eigenvalue weighted by Gasteiger charge is 2.08. The van der Waals surface area contributed by atoms with Crippen LogP contribution < -0.4 is 0 Å². The maximum Gasteiger partial charge on any atom is 0.131 e. The maximum atomic E-state index is 14.0. The van der Waals surface area contributed by atoms with Crippen molar-refractivity contribution in [3.05, 3.63) is 66.2 Å². The summed E-state index contributed by atoms with van der Waals surface area (Å²) in [7, 11) is 0. The Morgan fingerprint density at radius 3 is 2.72 bits per heavy atom. The number of halogens is 1. The number of rotatable bonds is 1. The summed E-state index contributed by atoms with van der Waals surface area (Å²) in [5.74, 6) is -0.189. The van der Waals surface area contributed by atoms with E-state index in [1.54, 1.807) is 18.5 Å². The molecule has 0 spiro atoms. The topological polar surface area (TPSA) is 12.9 Å². The maximum absolute atomic E-state index is 14.0. The van der Waals surface area contributed by atoms with Crippen LogP contribution >= 0.6 is 0 Å². The Bertz CT molecular complexity index is 714. The van der Waals surface area contributed by atoms with Gasteiger partial charge in [-0.25, -0.2) is 4.39 Å². The largest absolute Gasteiger partial charge is 0.264 e. The van der Waals surface area contributed by atoms with Crippen molar-refractivity contribution < 1.29 is 4.39 Å². The molecule has 0 N–H and O–H groups in total. The highest BCUT2D eigenvalue weighted by molar-refractivity contribution is 5.96. The summed E-state index contributed by atoms with van der Waals surface area (Å²) in [6.45, 7) is 1.89. The van der Waals surface area contributed by atoms with Gasteiger partial charge >= 0.3 is 0 Å². The molecule has 0 bridgehead atoms. The van der Waals surface area contributed by atoms with Crippen LogP contribution in [0.25, 0.3) is 21.9 Å². The summed E-state index contributed by atoms with van der Waals surface area (Å²) in [6, 6.07) is 13.1. The zero-order valence-electron chi connectivity index (χ0n) is 10.0. The van der Waals surface area contributed by atoms with E-state index in [4.69, 9.17) is 0 Å². The molecule has 0 radical (unpaired) electrons. The van der Waals surface area contributed by atoms with Crippen molar-refractivity contribution >= 4 is 10.8 Å². The molecule has 2 aromatic carbocycles. The van der Waals surface area contributed by atoms with E-state index in [2.05, 4.69) is 4.98 Å². The lowest BCUT2D eigenvalue weighted by Crippen LogP contribution is -1.87. The number of aryl methyl sites for hydroxylation is 1. The molecule has 0 saturated heterocycles. The van der Waals surface area contributed by atoms with E-state index >= 15 is 0 Å². The van der Waals surface area contributed by atoms with Gasteiger partial charge in [-0.15, -0.1) is 0 Å². The molecule has 2 heteroatoms. The van der Waals surface area contributed by atoms with E-state index in [-0.39, 0.29) is 5.82 Å². The molecule has 0 atom stereocenters. The molecule has 3 aromatic rings. The highest BCUT2D eigenvalue weighted by atomic mass is 19.1. The minimum Gasteiger partial charge on any atom is -0.264 e. The lowest BCUT2D eigenvalue weighted by molar-refractivity contribution is 0.630. The molecular weight excluding hydrogens is 225 g/mol. The molecule has 0 saturated carbocycles. The monoisotopic (exact) mass is 237 g/mol. The van der Waals surface area contributed by atoms with E-state index in [1.807, 2.05) is 43.3 Å². The first-order chi connectivity index (χ1) is 8.75. The van der Waals surface area contributed by atoms with E-state index < -0.39 is 0 Å². The van der Waals surface area contributed by atoms with Gasteiger partial charge in [0.25, 0.3) is 0 Å². The van der Waals surface area contributed by atoms with Crippen LogP contribution in [-0.2, 0) is 0 Å². The number of hydrogen-bond donors (Lipinski definition) is 0. The van der Waals surface area contributed by atoms with Gasteiger partial charge in [0.15, 0.2) is 0 Å². The number of fused-ring (bicyclic) bond motifs is 1. The van der Waals surface area contributed by atoms with Crippen LogP contribution in [0.15, 0.2) is 54.9 Å². The molecule has 1 aromatic heterocycles. The fourth-order valence-corrected chi connectivity index (χ4v) is 2.19. The summed E-state index contributed by atoms with van der Waals surface area (Å²) in [5.41, 5.74) is 2.44. The molecular formula is C16H12FN. The number of aromatic nitrogens is 1. The Hall–Kier alpha value is -2.22. The first-order valence-electron chi connectivity index (χ1n) is 5.85. The summed E-state index contributed by atoms with van der Waals surface area (Å²) in [6.07, 6.45) is 3.53. The third kappa shape index (κ3) is 1.76. The van der Waals surface area contributed by atoms with Crippen LogP contribution in [0, 0.1) is 12.7 Å². The molecule has 0 aliphatic heterocycles. The van der Waals surface area contributed by atoms with Crippen LogP contribution in [-0.4, -0.2) is 4.98 Å². The predicted molar refractivity (Wildman–Crippen MR) is 71.9 cm³/mol. The number of benzene rings is 2. The second-order valence-corrected chi connectivity index (χ2v) is 4.39. The van der Waals surface area contributed by atoms with Crippen molar-refractivity contribution in [1.82, 2.24) is 4.98 Å². The summed E-state index contributed by atoms with van der Waals surface area (Å²) in [5, 5.41) is 2.05. The van der Waals surface area contributed by atoms with E-state index in [0.717, 1.165) is 21.9 Å². The van der Waals surface area contributed by atoms with Gasteiger partial charge in [-0.3, -0.25) is 4.98 Å². The number of pyridine rings is 1. The van der Waals surface area contributed by atoms with Crippen molar-refractivity contribution in [2.24, 2.45) is 0 Å². The molecule has 18 heavy (non-hydrogen) atoms. The first-order valence-corrected chi connectivity index (χ1v) is 5.85. The Morgan fingerprint density at radius 2 is 1.89 bits per heavy atom. The lowest BCUT2D eigenvalue weighted by atomic mass is 9.98. The smallest absolute Gasteiger partial charge is 0.131 e. The second-order valence-electron chi connectivity index (χ2n) is 4.39. The highest BCUT2D eigenvalue weighted by Crippen LogP contribution is 2.30. The summed E-state index contributed by atoms with van der Waals surface area (Å²) >= 11 is 0. The van der Waals surface area contributed by atoms with Gasteiger partial charge in [0, 0.05) is 23.3 Å². The number of hydrogen-bond acceptors (Lipinski definition) is 1. The van der Waals surface area contributed by atoms with Crippen molar-refractivity contribution in [2.75, 3.05) is 0 Å². The van der Waals surface area contributed by atoms with Gasteiger partial charge < -0.3 is 0 Å². The van der Waals surface area contributed by atoms with Crippen LogP contribution in [0.4, 0.5) is 4.39 Å². The van der Waals surface area contributed by atoms with Crippen LogP contribution in [0.5, 0.6) is 0 Å². The van der Waals surface area contributed by atoms with Gasteiger partial charge in [-0.2, -0.15) is 0 Å². The average molecular weight is 237 g/mol. The van der Waals surface area contributed by atoms with Crippen LogP contribution in [0.3, 0.4) is 0 Å². The van der Waals surface area contributed by atoms with E-state index in [1.165, 1.54) is 0 Å². The molecule has 88 valence electrons. The Kier molecular flexibility index (Phi) is 2.56. The standard InChI is InChI=1S/C16H12FN/c1-11-5-6-14(16(17)9-11)13-4-2-3-12-7-8-18-10-15(12)13/h2-10H,1H3. The zero-order chi connectivity index (χ0) is 12.5. The summed E-state index contributed by atoms with van der Waals surface area (Å²) < 4.78 is 14.0. The first kappa shape index (κ1) is 10.9. The van der Waals surface area contributed by atoms with E-state index in [0.29, 0.717) is 5.56 Å². The lowest BCUT2D eigenvalue weighted by Gasteiger charge is -2.08. The SMILES string of the molecule is Cc1ccc(-c2cccc3ccncc23)c(F)c1. The quantitative estimate of drug-likeness (QED) is 0.613. The van der Waals surface area contributed by atoms with Crippen molar-refractivity contribution in [2.45, 2.75) is 6.92 Å². The molecule has 0 fully saturated rings. The zero-order valence-corrected chi connectivity index (χ0v) is 10.0. The van der Waals surface area contributed by atoms with Gasteiger partial charge in [-0.1, -0.05) is 30.3 Å². The Labute approximate surface area is 105 Å². The molecule has 0 aliphatic rings. The molecule has 0 amide bonds. The predicted octanol–water partition coefficient (Wildman–Crippen LogP) is 4.35. The van der Waals surface area contributed by atoms with E-state index in [9.17, 15) is 4.39 Å². The number of nitrogens with zero attached hydrogens (tertiary/aromatic N) is 1. The third-order valence-corrected chi connectivity index (χ3v) is 3.10. The minimum absolute atomic E-state index is 0.189. The Balaban J connectivity index is 2.31. The fourth-order valence-electron chi connectivity index (χ4n) is 2.19. The minimum atomic E-state index is -0.189. The third-order valence-electron chi connectivity index (χ3n) is 3.10.